The van der Waals surface area contributed by atoms with E-state index < -0.39 is 0 Å². The molecule has 0 aliphatic carbocycles. The van der Waals surface area contributed by atoms with Crippen LogP contribution < -0.4 is 10.1 Å². The molecule has 0 radical (unpaired) electrons. The summed E-state index contributed by atoms with van der Waals surface area (Å²) in [6.45, 7) is 4.81. The SMILES string of the molecule is O=C(Nc1ccc(C(=O)N2CCN(Cc3ccc4c(c3)CCO4)CC2)cc1)c1cccs1. The number of benzene rings is 2. The van der Waals surface area contributed by atoms with Crippen molar-refractivity contribution in [2.24, 2.45) is 0 Å². The summed E-state index contributed by atoms with van der Waals surface area (Å²) in [6.07, 6.45) is 0.988. The normalized spacial score (nSPS) is 15.8. The van der Waals surface area contributed by atoms with E-state index >= 15 is 0 Å². The lowest BCUT2D eigenvalue weighted by atomic mass is 10.1. The van der Waals surface area contributed by atoms with Gasteiger partial charge >= 0.3 is 0 Å². The Bertz CT molecular complexity index is 1100. The zero-order valence-electron chi connectivity index (χ0n) is 17.8. The number of anilines is 1. The van der Waals surface area contributed by atoms with Crippen molar-refractivity contribution in [1.29, 1.82) is 0 Å². The van der Waals surface area contributed by atoms with Crippen LogP contribution >= 0.6 is 11.3 Å². The molecule has 1 fully saturated rings. The zero-order valence-corrected chi connectivity index (χ0v) is 18.6. The second-order valence-electron chi connectivity index (χ2n) is 8.12. The quantitative estimate of drug-likeness (QED) is 0.645. The highest BCUT2D eigenvalue weighted by molar-refractivity contribution is 7.12. The maximum Gasteiger partial charge on any atom is 0.265 e. The molecule has 2 aliphatic rings. The molecular weight excluding hydrogens is 422 g/mol. The summed E-state index contributed by atoms with van der Waals surface area (Å²) in [6, 6.07) is 17.2. The molecule has 3 heterocycles. The van der Waals surface area contributed by atoms with E-state index in [4.69, 9.17) is 4.74 Å². The lowest BCUT2D eigenvalue weighted by Crippen LogP contribution is -2.48. The van der Waals surface area contributed by atoms with Gasteiger partial charge in [-0.05, 0) is 52.9 Å². The standard InChI is InChI=1S/C25H25N3O3S/c29-24(23-2-1-15-32-23)26-21-6-4-19(5-7-21)25(30)28-12-10-27(11-13-28)17-18-3-8-22-20(16-18)9-14-31-22/h1-8,15-16H,9-14,17H2,(H,26,29). The van der Waals surface area contributed by atoms with Crippen LogP contribution in [-0.2, 0) is 13.0 Å². The number of ether oxygens (including phenoxy) is 1. The number of piperazine rings is 1. The van der Waals surface area contributed by atoms with Crippen LogP contribution in [0.2, 0.25) is 0 Å². The van der Waals surface area contributed by atoms with Crippen LogP contribution in [-0.4, -0.2) is 54.4 Å². The highest BCUT2D eigenvalue weighted by Crippen LogP contribution is 2.26. The molecule has 5 rings (SSSR count). The summed E-state index contributed by atoms with van der Waals surface area (Å²) in [4.78, 5) is 30.1. The average molecular weight is 448 g/mol. The number of rotatable bonds is 5. The maximum atomic E-state index is 12.9. The Morgan fingerprint density at radius 2 is 1.81 bits per heavy atom. The first kappa shape index (κ1) is 20.7. The smallest absolute Gasteiger partial charge is 0.265 e. The molecule has 0 bridgehead atoms. The van der Waals surface area contributed by atoms with Crippen LogP contribution in [0.5, 0.6) is 5.75 Å². The molecule has 1 N–H and O–H groups in total. The van der Waals surface area contributed by atoms with E-state index in [9.17, 15) is 9.59 Å². The van der Waals surface area contributed by atoms with Crippen molar-refractivity contribution >= 4 is 28.8 Å². The molecule has 2 amide bonds. The van der Waals surface area contributed by atoms with Crippen molar-refractivity contribution in [2.45, 2.75) is 13.0 Å². The summed E-state index contributed by atoms with van der Waals surface area (Å²) in [5, 5.41) is 4.74. The van der Waals surface area contributed by atoms with Gasteiger partial charge in [0.2, 0.25) is 0 Å². The molecule has 164 valence electrons. The molecule has 1 aromatic heterocycles. The van der Waals surface area contributed by atoms with Crippen molar-refractivity contribution in [3.05, 3.63) is 81.5 Å². The van der Waals surface area contributed by atoms with Gasteiger partial charge in [-0.15, -0.1) is 11.3 Å². The molecule has 6 nitrogen and oxygen atoms in total. The molecule has 0 spiro atoms. The Balaban J connectivity index is 1.13. The molecule has 7 heteroatoms. The minimum atomic E-state index is -0.133. The van der Waals surface area contributed by atoms with Crippen LogP contribution in [0.3, 0.4) is 0 Å². The Kier molecular flexibility index (Phi) is 5.92. The lowest BCUT2D eigenvalue weighted by molar-refractivity contribution is 0.0628. The molecule has 2 aliphatic heterocycles. The topological polar surface area (TPSA) is 61.9 Å². The summed E-state index contributed by atoms with van der Waals surface area (Å²) in [5.41, 5.74) is 3.93. The van der Waals surface area contributed by atoms with E-state index in [1.54, 1.807) is 30.3 Å². The van der Waals surface area contributed by atoms with Gasteiger partial charge in [-0.25, -0.2) is 0 Å². The fourth-order valence-corrected chi connectivity index (χ4v) is 4.80. The minimum Gasteiger partial charge on any atom is -0.493 e. The first-order chi connectivity index (χ1) is 15.7. The minimum absolute atomic E-state index is 0.0375. The second kappa shape index (κ2) is 9.14. The van der Waals surface area contributed by atoms with Gasteiger partial charge in [0.1, 0.15) is 5.75 Å². The summed E-state index contributed by atoms with van der Waals surface area (Å²) < 4.78 is 5.59. The summed E-state index contributed by atoms with van der Waals surface area (Å²) in [5.74, 6) is 0.919. The number of carbonyl (C=O) groups is 2. The van der Waals surface area contributed by atoms with E-state index in [2.05, 4.69) is 28.4 Å². The number of nitrogens with zero attached hydrogens (tertiary/aromatic N) is 2. The van der Waals surface area contributed by atoms with E-state index in [-0.39, 0.29) is 11.8 Å². The zero-order chi connectivity index (χ0) is 21.9. The molecule has 0 unspecified atom stereocenters. The molecule has 32 heavy (non-hydrogen) atoms. The maximum absolute atomic E-state index is 12.9. The van der Waals surface area contributed by atoms with Crippen LogP contribution in [0.1, 0.15) is 31.2 Å². The number of thiophene rings is 1. The van der Waals surface area contributed by atoms with Crippen LogP contribution in [0, 0.1) is 0 Å². The van der Waals surface area contributed by atoms with E-state index in [1.807, 2.05) is 16.3 Å². The lowest BCUT2D eigenvalue weighted by Gasteiger charge is -2.35. The monoisotopic (exact) mass is 447 g/mol. The molecule has 0 atom stereocenters. The van der Waals surface area contributed by atoms with E-state index in [0.717, 1.165) is 38.4 Å². The number of nitrogens with one attached hydrogen (secondary N) is 1. The van der Waals surface area contributed by atoms with Crippen LogP contribution in [0.25, 0.3) is 0 Å². The van der Waals surface area contributed by atoms with E-state index in [0.29, 0.717) is 29.2 Å². The Hall–Kier alpha value is -3.16. The average Bonchev–Trinajstić information content (AvgIpc) is 3.52. The van der Waals surface area contributed by atoms with Gasteiger partial charge in [0, 0.05) is 50.4 Å². The van der Waals surface area contributed by atoms with Crippen LogP contribution in [0.15, 0.2) is 60.0 Å². The van der Waals surface area contributed by atoms with Gasteiger partial charge in [0.05, 0.1) is 11.5 Å². The second-order valence-corrected chi connectivity index (χ2v) is 9.07. The van der Waals surface area contributed by atoms with Crippen molar-refractivity contribution < 1.29 is 14.3 Å². The van der Waals surface area contributed by atoms with Gasteiger partial charge in [0.25, 0.3) is 11.8 Å². The van der Waals surface area contributed by atoms with Crippen molar-refractivity contribution in [2.75, 3.05) is 38.1 Å². The van der Waals surface area contributed by atoms with Gasteiger partial charge < -0.3 is 15.0 Å². The molecule has 2 aromatic carbocycles. The van der Waals surface area contributed by atoms with Crippen molar-refractivity contribution in [3.8, 4) is 5.75 Å². The first-order valence-corrected chi connectivity index (χ1v) is 11.7. The van der Waals surface area contributed by atoms with Gasteiger partial charge in [-0.1, -0.05) is 18.2 Å². The van der Waals surface area contributed by atoms with Crippen molar-refractivity contribution in [1.82, 2.24) is 9.80 Å². The third-order valence-electron chi connectivity index (χ3n) is 5.95. The molecule has 3 aromatic rings. The third-order valence-corrected chi connectivity index (χ3v) is 6.82. The van der Waals surface area contributed by atoms with Crippen LogP contribution in [0.4, 0.5) is 5.69 Å². The Morgan fingerprint density at radius 1 is 1.00 bits per heavy atom. The predicted octanol–water partition coefficient (Wildman–Crippen LogP) is 3.89. The number of hydrogen-bond donors (Lipinski definition) is 1. The van der Waals surface area contributed by atoms with Gasteiger partial charge in [-0.2, -0.15) is 0 Å². The van der Waals surface area contributed by atoms with E-state index in [1.165, 1.54) is 22.5 Å². The Morgan fingerprint density at radius 3 is 2.56 bits per heavy atom. The molecular formula is C25H25N3O3S. The largest absolute Gasteiger partial charge is 0.493 e. The van der Waals surface area contributed by atoms with Gasteiger partial charge in [-0.3, -0.25) is 14.5 Å². The predicted molar refractivity (Wildman–Crippen MR) is 126 cm³/mol. The third kappa shape index (κ3) is 4.54. The number of fused-ring (bicyclic) bond motifs is 1. The highest BCUT2D eigenvalue weighted by Gasteiger charge is 2.23. The Labute approximate surface area is 191 Å². The molecule has 1 saturated heterocycles. The summed E-state index contributed by atoms with van der Waals surface area (Å²) >= 11 is 1.40. The molecule has 0 saturated carbocycles. The van der Waals surface area contributed by atoms with Crippen molar-refractivity contribution in [3.63, 3.8) is 0 Å². The fraction of sp³-hybridized carbons (Fsp3) is 0.280. The first-order valence-electron chi connectivity index (χ1n) is 10.9. The summed E-state index contributed by atoms with van der Waals surface area (Å²) in [7, 11) is 0. The van der Waals surface area contributed by atoms with Gasteiger partial charge in [0.15, 0.2) is 0 Å². The fourth-order valence-electron chi connectivity index (χ4n) is 4.18. The highest BCUT2D eigenvalue weighted by atomic mass is 32.1. The number of amides is 2. The number of carbonyl (C=O) groups excluding carboxylic acids is 2. The number of hydrogen-bond acceptors (Lipinski definition) is 5.